The maximum absolute atomic E-state index is 11.8. The molecule has 0 saturated heterocycles. The third kappa shape index (κ3) is 6.66. The standard InChI is InChI=1S/C10H18F3NO2/c1-3-5-6-14-8(4-2)7-16-9(15)10(11,12)13/h8,14H,3-7H2,1-2H3. The van der Waals surface area contributed by atoms with Crippen molar-refractivity contribution >= 4 is 5.97 Å². The van der Waals surface area contributed by atoms with Gasteiger partial charge in [-0.1, -0.05) is 20.3 Å². The Morgan fingerprint density at radius 3 is 2.44 bits per heavy atom. The van der Waals surface area contributed by atoms with Crippen molar-refractivity contribution < 1.29 is 22.7 Å². The molecule has 1 N–H and O–H groups in total. The largest absolute Gasteiger partial charge is 0.490 e. The highest BCUT2D eigenvalue weighted by Crippen LogP contribution is 2.16. The monoisotopic (exact) mass is 241 g/mol. The van der Waals surface area contributed by atoms with Crippen LogP contribution in [0.25, 0.3) is 0 Å². The van der Waals surface area contributed by atoms with Crippen LogP contribution >= 0.6 is 0 Å². The van der Waals surface area contributed by atoms with E-state index in [0.29, 0.717) is 6.42 Å². The molecule has 0 saturated carbocycles. The van der Waals surface area contributed by atoms with E-state index in [1.165, 1.54) is 0 Å². The van der Waals surface area contributed by atoms with Crippen LogP contribution in [0.5, 0.6) is 0 Å². The smallest absolute Gasteiger partial charge is 0.457 e. The maximum atomic E-state index is 11.8. The summed E-state index contributed by atoms with van der Waals surface area (Å²) in [5.74, 6) is -2.12. The fourth-order valence-corrected chi connectivity index (χ4v) is 1.06. The number of alkyl halides is 3. The number of halogens is 3. The number of hydrogen-bond donors (Lipinski definition) is 1. The molecule has 3 nitrogen and oxygen atoms in total. The van der Waals surface area contributed by atoms with Gasteiger partial charge in [0.1, 0.15) is 6.61 Å². The Morgan fingerprint density at radius 1 is 1.38 bits per heavy atom. The van der Waals surface area contributed by atoms with E-state index in [0.717, 1.165) is 19.4 Å². The van der Waals surface area contributed by atoms with Crippen LogP contribution in [-0.2, 0) is 9.53 Å². The lowest BCUT2D eigenvalue weighted by atomic mass is 10.2. The molecule has 0 aromatic carbocycles. The van der Waals surface area contributed by atoms with E-state index in [1.54, 1.807) is 0 Å². The van der Waals surface area contributed by atoms with Gasteiger partial charge in [-0.3, -0.25) is 0 Å². The number of ether oxygens (including phenoxy) is 1. The van der Waals surface area contributed by atoms with Crippen LogP contribution in [0.15, 0.2) is 0 Å². The highest BCUT2D eigenvalue weighted by molar-refractivity contribution is 5.75. The van der Waals surface area contributed by atoms with E-state index in [2.05, 4.69) is 10.1 Å². The maximum Gasteiger partial charge on any atom is 0.490 e. The van der Waals surface area contributed by atoms with Crippen LogP contribution in [0.1, 0.15) is 33.1 Å². The fraction of sp³-hybridized carbons (Fsp3) is 0.900. The number of unbranched alkanes of at least 4 members (excludes halogenated alkanes) is 1. The minimum absolute atomic E-state index is 0.210. The Bertz CT molecular complexity index is 207. The van der Waals surface area contributed by atoms with Gasteiger partial charge in [-0.15, -0.1) is 0 Å². The van der Waals surface area contributed by atoms with Crippen LogP contribution < -0.4 is 5.32 Å². The van der Waals surface area contributed by atoms with Crippen LogP contribution in [0.3, 0.4) is 0 Å². The van der Waals surface area contributed by atoms with E-state index in [1.807, 2.05) is 13.8 Å². The Morgan fingerprint density at radius 2 is 2.00 bits per heavy atom. The topological polar surface area (TPSA) is 38.3 Å². The van der Waals surface area contributed by atoms with E-state index in [9.17, 15) is 18.0 Å². The molecule has 0 bridgehead atoms. The van der Waals surface area contributed by atoms with Crippen molar-refractivity contribution in [2.45, 2.75) is 45.3 Å². The predicted octanol–water partition coefficient (Wildman–Crippen LogP) is 2.26. The molecule has 0 spiro atoms. The summed E-state index contributed by atoms with van der Waals surface area (Å²) in [6.07, 6.45) is -2.33. The molecule has 6 heteroatoms. The highest BCUT2D eigenvalue weighted by Gasteiger charge is 2.41. The number of rotatable bonds is 7. The first-order valence-electron chi connectivity index (χ1n) is 5.39. The normalized spacial score (nSPS) is 13.6. The molecule has 0 amide bonds. The summed E-state index contributed by atoms with van der Waals surface area (Å²) in [6.45, 7) is 4.33. The molecule has 1 atom stereocenters. The highest BCUT2D eigenvalue weighted by atomic mass is 19.4. The van der Waals surface area contributed by atoms with Crippen LogP contribution in [0, 0.1) is 0 Å². The Hall–Kier alpha value is -0.780. The van der Waals surface area contributed by atoms with Crippen molar-refractivity contribution in [2.24, 2.45) is 0 Å². The lowest BCUT2D eigenvalue weighted by Gasteiger charge is -2.17. The van der Waals surface area contributed by atoms with Gasteiger partial charge in [-0.05, 0) is 19.4 Å². The van der Waals surface area contributed by atoms with E-state index < -0.39 is 12.1 Å². The van der Waals surface area contributed by atoms with Crippen LogP contribution in [0.2, 0.25) is 0 Å². The van der Waals surface area contributed by atoms with E-state index in [-0.39, 0.29) is 12.6 Å². The molecule has 0 fully saturated rings. The number of nitrogens with one attached hydrogen (secondary N) is 1. The third-order valence-corrected chi connectivity index (χ3v) is 2.10. The van der Waals surface area contributed by atoms with E-state index in [4.69, 9.17) is 0 Å². The zero-order chi connectivity index (χ0) is 12.6. The fourth-order valence-electron chi connectivity index (χ4n) is 1.06. The number of carbonyl (C=O) groups excluding carboxylic acids is 1. The Labute approximate surface area is 93.3 Å². The summed E-state index contributed by atoms with van der Waals surface area (Å²) in [7, 11) is 0. The zero-order valence-electron chi connectivity index (χ0n) is 9.56. The van der Waals surface area contributed by atoms with Crippen molar-refractivity contribution in [1.29, 1.82) is 0 Å². The second-order valence-electron chi connectivity index (χ2n) is 3.51. The van der Waals surface area contributed by atoms with Crippen molar-refractivity contribution in [3.8, 4) is 0 Å². The minimum atomic E-state index is -4.90. The van der Waals surface area contributed by atoms with Gasteiger partial charge in [0.05, 0.1) is 0 Å². The summed E-state index contributed by atoms with van der Waals surface area (Å²) in [5.41, 5.74) is 0. The van der Waals surface area contributed by atoms with Gasteiger partial charge in [0.15, 0.2) is 0 Å². The number of carbonyl (C=O) groups is 1. The molecule has 0 rings (SSSR count). The summed E-state index contributed by atoms with van der Waals surface area (Å²) >= 11 is 0. The molecule has 0 aliphatic heterocycles. The molecule has 0 radical (unpaired) electrons. The van der Waals surface area contributed by atoms with Crippen molar-refractivity contribution in [1.82, 2.24) is 5.32 Å². The molecule has 96 valence electrons. The van der Waals surface area contributed by atoms with Gasteiger partial charge in [0.25, 0.3) is 0 Å². The lowest BCUT2D eigenvalue weighted by Crippen LogP contribution is -2.36. The van der Waals surface area contributed by atoms with Gasteiger partial charge in [-0.2, -0.15) is 13.2 Å². The quantitative estimate of drug-likeness (QED) is 0.549. The third-order valence-electron chi connectivity index (χ3n) is 2.10. The number of hydrogen-bond acceptors (Lipinski definition) is 3. The van der Waals surface area contributed by atoms with Crippen molar-refractivity contribution in [3.05, 3.63) is 0 Å². The molecule has 0 heterocycles. The molecule has 1 unspecified atom stereocenters. The molecule has 0 aromatic rings. The van der Waals surface area contributed by atoms with Gasteiger partial charge < -0.3 is 10.1 Å². The first-order valence-corrected chi connectivity index (χ1v) is 5.39. The van der Waals surface area contributed by atoms with Gasteiger partial charge >= 0.3 is 12.1 Å². The second kappa shape index (κ2) is 7.49. The first kappa shape index (κ1) is 15.2. The Balaban J connectivity index is 3.82. The first-order chi connectivity index (χ1) is 7.41. The zero-order valence-corrected chi connectivity index (χ0v) is 9.56. The molecular weight excluding hydrogens is 223 g/mol. The minimum Gasteiger partial charge on any atom is -0.457 e. The summed E-state index contributed by atoms with van der Waals surface area (Å²) in [4.78, 5) is 10.4. The average Bonchev–Trinajstić information content (AvgIpc) is 2.21. The Kier molecular flexibility index (Phi) is 7.12. The molecule has 0 aliphatic rings. The average molecular weight is 241 g/mol. The van der Waals surface area contributed by atoms with Crippen molar-refractivity contribution in [3.63, 3.8) is 0 Å². The van der Waals surface area contributed by atoms with Crippen LogP contribution in [0.4, 0.5) is 13.2 Å². The second-order valence-corrected chi connectivity index (χ2v) is 3.51. The molecule has 0 aliphatic carbocycles. The SMILES string of the molecule is CCCCNC(CC)COC(=O)C(F)(F)F. The summed E-state index contributed by atoms with van der Waals surface area (Å²) in [5, 5.41) is 3.03. The van der Waals surface area contributed by atoms with Gasteiger partial charge in [-0.25, -0.2) is 4.79 Å². The van der Waals surface area contributed by atoms with Crippen LogP contribution in [-0.4, -0.2) is 31.3 Å². The summed E-state index contributed by atoms with van der Waals surface area (Å²) in [6, 6.07) is -0.210. The molecule has 0 aromatic heterocycles. The number of esters is 1. The summed E-state index contributed by atoms with van der Waals surface area (Å²) < 4.78 is 39.6. The lowest BCUT2D eigenvalue weighted by molar-refractivity contribution is -0.200. The molecule has 16 heavy (non-hydrogen) atoms. The molecular formula is C10H18F3NO2. The predicted molar refractivity (Wildman–Crippen MR) is 54.0 cm³/mol. The van der Waals surface area contributed by atoms with Gasteiger partial charge in [0, 0.05) is 6.04 Å². The van der Waals surface area contributed by atoms with Gasteiger partial charge in [0.2, 0.25) is 0 Å². The van der Waals surface area contributed by atoms with Crippen molar-refractivity contribution in [2.75, 3.05) is 13.2 Å². The van der Waals surface area contributed by atoms with E-state index >= 15 is 0 Å².